The van der Waals surface area contributed by atoms with Gasteiger partial charge in [0.1, 0.15) is 18.1 Å². The van der Waals surface area contributed by atoms with Gasteiger partial charge < -0.3 is 49.0 Å². The normalized spacial score (nSPS) is 13.2. The maximum atomic E-state index is 13.0. The summed E-state index contributed by atoms with van der Waals surface area (Å²) < 4.78 is 0. The first kappa shape index (κ1) is 29.3. The fraction of sp³-hybridized carbons (Fsp3) is 0.600. The number of guanidine groups is 1. The van der Waals surface area contributed by atoms with Crippen molar-refractivity contribution in [2.75, 3.05) is 19.6 Å². The minimum atomic E-state index is -1.23. The molecule has 0 bridgehead atoms. The van der Waals surface area contributed by atoms with Gasteiger partial charge in [0.2, 0.25) is 17.7 Å². The fourth-order valence-electron chi connectivity index (χ4n) is 3.15. The molecule has 0 aliphatic carbocycles. The molecule has 0 fully saturated rings. The molecular weight excluding hydrogens is 460 g/mol. The second kappa shape index (κ2) is 16.0. The average molecular weight is 497 g/mol. The summed E-state index contributed by atoms with van der Waals surface area (Å²) in [6.45, 7) is 0.266. The Kier molecular flexibility index (Phi) is 13.4. The van der Waals surface area contributed by atoms with Crippen molar-refractivity contribution < 1.29 is 24.3 Å². The van der Waals surface area contributed by atoms with Crippen LogP contribution in [0.1, 0.15) is 37.8 Å². The van der Waals surface area contributed by atoms with Crippen molar-refractivity contribution in [3.05, 3.63) is 18.2 Å². The summed E-state index contributed by atoms with van der Waals surface area (Å²) >= 11 is 0. The maximum absolute atomic E-state index is 13.0. The van der Waals surface area contributed by atoms with Gasteiger partial charge in [-0.2, -0.15) is 0 Å². The van der Waals surface area contributed by atoms with Crippen LogP contribution in [0, 0.1) is 0 Å². The second-order valence-corrected chi connectivity index (χ2v) is 7.80. The molecule has 1 rings (SSSR count). The third kappa shape index (κ3) is 11.8. The van der Waals surface area contributed by atoms with Crippen LogP contribution in [0.15, 0.2) is 17.5 Å². The number of aliphatic carboxylic acids is 1. The fourth-order valence-corrected chi connectivity index (χ4v) is 3.15. The Bertz CT molecular complexity index is 841. The van der Waals surface area contributed by atoms with Gasteiger partial charge >= 0.3 is 5.97 Å². The summed E-state index contributed by atoms with van der Waals surface area (Å²) in [5.74, 6) is -3.21. The van der Waals surface area contributed by atoms with Gasteiger partial charge in [-0.05, 0) is 38.6 Å². The van der Waals surface area contributed by atoms with Crippen molar-refractivity contribution in [1.29, 1.82) is 0 Å². The van der Waals surface area contributed by atoms with E-state index in [1.807, 2.05) is 0 Å². The molecule has 35 heavy (non-hydrogen) atoms. The standard InChI is InChI=1S/C20H36N10O5/c21-6-2-1-4-13(17(32)30-14(19(34)35)5-3-7-26-20(23)24)29-18(33)15(28-16(31)9-22)8-12-10-25-11-27-12/h10-11,13-15H,1-9,21-22H2,(H,25,27)(H,28,31)(H,29,33)(H,30,32)(H,34,35)(H4,23,24,26)/t13-,14-,15-/m0/s1. The first-order valence-electron chi connectivity index (χ1n) is 11.2. The number of carboxylic acids is 1. The van der Waals surface area contributed by atoms with Crippen molar-refractivity contribution in [2.45, 2.75) is 56.7 Å². The van der Waals surface area contributed by atoms with Gasteiger partial charge in [0.05, 0.1) is 12.9 Å². The minimum absolute atomic E-state index is 0.0797. The number of hydrogen-bond acceptors (Lipinski definition) is 8. The molecule has 196 valence electrons. The number of aromatic amines is 1. The number of nitrogens with two attached hydrogens (primary N) is 4. The van der Waals surface area contributed by atoms with E-state index in [1.165, 1.54) is 12.5 Å². The van der Waals surface area contributed by atoms with Crippen LogP contribution in [-0.2, 0) is 25.6 Å². The Labute approximate surface area is 202 Å². The van der Waals surface area contributed by atoms with Crippen LogP contribution in [0.4, 0.5) is 0 Å². The van der Waals surface area contributed by atoms with Gasteiger partial charge in [0, 0.05) is 24.9 Å². The number of nitrogens with one attached hydrogen (secondary N) is 4. The Morgan fingerprint density at radius 3 is 2.20 bits per heavy atom. The molecule has 15 heteroatoms. The SMILES string of the molecule is NCCCC[C@H](NC(=O)[C@H](Cc1cnc[nH]1)NC(=O)CN)C(=O)N[C@@H](CCCN=C(N)N)C(=O)O. The van der Waals surface area contributed by atoms with Crippen LogP contribution in [0.25, 0.3) is 0 Å². The molecule has 3 amide bonds. The van der Waals surface area contributed by atoms with Gasteiger partial charge in [-0.15, -0.1) is 0 Å². The van der Waals surface area contributed by atoms with Crippen LogP contribution >= 0.6 is 0 Å². The maximum Gasteiger partial charge on any atom is 0.326 e. The van der Waals surface area contributed by atoms with E-state index < -0.39 is 41.8 Å². The quantitative estimate of drug-likeness (QED) is 0.0586. The minimum Gasteiger partial charge on any atom is -0.480 e. The smallest absolute Gasteiger partial charge is 0.326 e. The highest BCUT2D eigenvalue weighted by atomic mass is 16.4. The van der Waals surface area contributed by atoms with Crippen LogP contribution in [-0.4, -0.2) is 82.5 Å². The van der Waals surface area contributed by atoms with Gasteiger partial charge in [-0.1, -0.05) is 0 Å². The zero-order valence-corrected chi connectivity index (χ0v) is 19.5. The lowest BCUT2D eigenvalue weighted by molar-refractivity contribution is -0.142. The summed E-state index contributed by atoms with van der Waals surface area (Å²) in [5, 5.41) is 17.1. The van der Waals surface area contributed by atoms with Crippen molar-refractivity contribution in [1.82, 2.24) is 25.9 Å². The Morgan fingerprint density at radius 1 is 0.971 bits per heavy atom. The van der Waals surface area contributed by atoms with Crippen LogP contribution < -0.4 is 38.9 Å². The molecule has 13 N–H and O–H groups in total. The van der Waals surface area contributed by atoms with Crippen molar-refractivity contribution in [3.63, 3.8) is 0 Å². The molecule has 0 saturated heterocycles. The molecular formula is C20H36N10O5. The predicted octanol–water partition coefficient (Wildman–Crippen LogP) is -3.37. The molecule has 15 nitrogen and oxygen atoms in total. The summed E-state index contributed by atoms with van der Waals surface area (Å²) in [5.41, 5.74) is 22.0. The molecule has 0 aliphatic rings. The molecule has 0 spiro atoms. The van der Waals surface area contributed by atoms with E-state index in [1.54, 1.807) is 0 Å². The number of carbonyl (C=O) groups is 4. The number of imidazole rings is 1. The summed E-state index contributed by atoms with van der Waals surface area (Å²) in [4.78, 5) is 59.9. The van der Waals surface area contributed by atoms with E-state index in [2.05, 4.69) is 30.9 Å². The lowest BCUT2D eigenvalue weighted by Crippen LogP contribution is -2.56. The number of carboxylic acid groups (broad SMARTS) is 1. The Hall–Kier alpha value is -3.72. The number of aromatic nitrogens is 2. The Morgan fingerprint density at radius 2 is 1.63 bits per heavy atom. The van der Waals surface area contributed by atoms with Crippen LogP contribution in [0.3, 0.4) is 0 Å². The molecule has 0 aromatic carbocycles. The first-order valence-corrected chi connectivity index (χ1v) is 11.2. The highest BCUT2D eigenvalue weighted by molar-refractivity contribution is 5.93. The molecule has 0 aliphatic heterocycles. The number of unbranched alkanes of at least 4 members (excludes halogenated alkanes) is 1. The van der Waals surface area contributed by atoms with Gasteiger partial charge in [-0.25, -0.2) is 9.78 Å². The van der Waals surface area contributed by atoms with E-state index in [9.17, 15) is 24.3 Å². The lowest BCUT2D eigenvalue weighted by Gasteiger charge is -2.24. The summed E-state index contributed by atoms with van der Waals surface area (Å²) in [7, 11) is 0. The van der Waals surface area contributed by atoms with Gasteiger partial charge in [0.15, 0.2) is 5.96 Å². The summed E-state index contributed by atoms with van der Waals surface area (Å²) in [6.07, 6.45) is 4.73. The first-order chi connectivity index (χ1) is 16.7. The van der Waals surface area contributed by atoms with E-state index in [-0.39, 0.29) is 38.3 Å². The number of nitrogens with zero attached hydrogens (tertiary/aromatic N) is 2. The van der Waals surface area contributed by atoms with Gasteiger partial charge in [-0.3, -0.25) is 19.4 Å². The molecule has 1 aromatic heterocycles. The highest BCUT2D eigenvalue weighted by Crippen LogP contribution is 2.06. The number of carbonyl (C=O) groups excluding carboxylic acids is 3. The number of amides is 3. The van der Waals surface area contributed by atoms with Crippen molar-refractivity contribution in [2.24, 2.45) is 27.9 Å². The Balaban J connectivity index is 2.92. The van der Waals surface area contributed by atoms with E-state index in [4.69, 9.17) is 22.9 Å². The zero-order chi connectivity index (χ0) is 26.2. The third-order valence-corrected chi connectivity index (χ3v) is 4.96. The van der Waals surface area contributed by atoms with E-state index in [0.29, 0.717) is 31.5 Å². The highest BCUT2D eigenvalue weighted by Gasteiger charge is 2.29. The summed E-state index contributed by atoms with van der Waals surface area (Å²) in [6, 6.07) is -3.29. The van der Waals surface area contributed by atoms with E-state index in [0.717, 1.165) is 0 Å². The van der Waals surface area contributed by atoms with Crippen LogP contribution in [0.2, 0.25) is 0 Å². The molecule has 1 heterocycles. The number of rotatable bonds is 17. The van der Waals surface area contributed by atoms with Crippen LogP contribution in [0.5, 0.6) is 0 Å². The lowest BCUT2D eigenvalue weighted by atomic mass is 10.0. The average Bonchev–Trinajstić information content (AvgIpc) is 3.32. The number of hydrogen-bond donors (Lipinski definition) is 9. The molecule has 3 atom stereocenters. The monoisotopic (exact) mass is 496 g/mol. The number of H-pyrrole nitrogens is 1. The zero-order valence-electron chi connectivity index (χ0n) is 19.5. The second-order valence-electron chi connectivity index (χ2n) is 7.80. The molecule has 0 unspecified atom stereocenters. The molecule has 0 radical (unpaired) electrons. The number of aliphatic imine (C=N–C) groups is 1. The predicted molar refractivity (Wildman–Crippen MR) is 128 cm³/mol. The van der Waals surface area contributed by atoms with Crippen molar-refractivity contribution >= 4 is 29.7 Å². The van der Waals surface area contributed by atoms with Gasteiger partial charge in [0.25, 0.3) is 0 Å². The molecule has 1 aromatic rings. The third-order valence-electron chi connectivity index (χ3n) is 4.96. The van der Waals surface area contributed by atoms with Crippen molar-refractivity contribution in [3.8, 4) is 0 Å². The largest absolute Gasteiger partial charge is 0.480 e. The van der Waals surface area contributed by atoms with E-state index >= 15 is 0 Å². The topological polar surface area (TPSA) is 270 Å². The molecule has 0 saturated carbocycles.